The molecule has 1 rings (SSSR count). The molecule has 0 aliphatic heterocycles. The molecule has 0 saturated carbocycles. The monoisotopic (exact) mass is 310 g/mol. The van der Waals surface area contributed by atoms with E-state index in [0.29, 0.717) is 12.0 Å². The van der Waals surface area contributed by atoms with E-state index in [2.05, 4.69) is 77.0 Å². The number of hydrogen-bond donors (Lipinski definition) is 1. The smallest absolute Gasteiger partial charge is 0.0471 e. The first-order valence-corrected chi connectivity index (χ1v) is 8.22. The second-order valence-corrected chi connectivity index (χ2v) is 7.86. The van der Waals surface area contributed by atoms with Crippen molar-refractivity contribution in [2.45, 2.75) is 54.1 Å². The number of benzene rings is 1. The van der Waals surface area contributed by atoms with Gasteiger partial charge in [-0.3, -0.25) is 0 Å². The van der Waals surface area contributed by atoms with Crippen molar-refractivity contribution in [2.24, 2.45) is 11.3 Å². The van der Waals surface area contributed by atoms with Crippen LogP contribution in [0, 0.1) is 11.3 Å². The molecular formula is C18H31ClN2. The van der Waals surface area contributed by atoms with E-state index in [1.165, 1.54) is 5.69 Å². The van der Waals surface area contributed by atoms with Crippen LogP contribution < -0.4 is 10.2 Å². The summed E-state index contributed by atoms with van der Waals surface area (Å²) in [5.41, 5.74) is 2.58. The lowest BCUT2D eigenvalue weighted by atomic mass is 9.87. The average Bonchev–Trinajstić information content (AvgIpc) is 2.37. The van der Waals surface area contributed by atoms with Crippen molar-refractivity contribution in [1.29, 1.82) is 0 Å². The van der Waals surface area contributed by atoms with Gasteiger partial charge in [0.2, 0.25) is 0 Å². The van der Waals surface area contributed by atoms with Gasteiger partial charge in [0.25, 0.3) is 0 Å². The molecule has 0 spiro atoms. The Balaban J connectivity index is 2.77. The first-order valence-electron chi connectivity index (χ1n) is 7.85. The molecule has 1 aromatic rings. The number of anilines is 1. The van der Waals surface area contributed by atoms with Gasteiger partial charge in [-0.1, -0.05) is 52.3 Å². The summed E-state index contributed by atoms with van der Waals surface area (Å²) < 4.78 is 0. The molecule has 0 radical (unpaired) electrons. The van der Waals surface area contributed by atoms with E-state index in [1.54, 1.807) is 0 Å². The predicted molar refractivity (Wildman–Crippen MR) is 95.3 cm³/mol. The Morgan fingerprint density at radius 3 is 2.29 bits per heavy atom. The second kappa shape index (κ2) is 7.51. The van der Waals surface area contributed by atoms with E-state index < -0.39 is 0 Å². The highest BCUT2D eigenvalue weighted by atomic mass is 35.5. The van der Waals surface area contributed by atoms with Crippen molar-refractivity contribution in [1.82, 2.24) is 5.32 Å². The molecule has 21 heavy (non-hydrogen) atoms. The van der Waals surface area contributed by atoms with Crippen molar-refractivity contribution >= 4 is 17.3 Å². The minimum atomic E-state index is 0.235. The van der Waals surface area contributed by atoms with Crippen molar-refractivity contribution in [3.05, 3.63) is 28.8 Å². The summed E-state index contributed by atoms with van der Waals surface area (Å²) in [6.45, 7) is 15.3. The third kappa shape index (κ3) is 5.52. The fourth-order valence-corrected chi connectivity index (χ4v) is 2.44. The molecule has 1 N–H and O–H groups in total. The van der Waals surface area contributed by atoms with Gasteiger partial charge in [0.1, 0.15) is 0 Å². The van der Waals surface area contributed by atoms with Gasteiger partial charge in [-0.2, -0.15) is 0 Å². The molecular weight excluding hydrogens is 280 g/mol. The molecule has 3 heteroatoms. The molecule has 0 aromatic heterocycles. The van der Waals surface area contributed by atoms with Crippen LogP contribution in [0.5, 0.6) is 0 Å². The molecule has 0 fully saturated rings. The van der Waals surface area contributed by atoms with Crippen molar-refractivity contribution < 1.29 is 0 Å². The number of hydrogen-bond acceptors (Lipinski definition) is 2. The molecule has 1 atom stereocenters. The molecule has 120 valence electrons. The van der Waals surface area contributed by atoms with Crippen LogP contribution in [0.15, 0.2) is 18.2 Å². The first-order chi connectivity index (χ1) is 9.62. The number of nitrogens with one attached hydrogen (secondary N) is 1. The molecule has 0 saturated heterocycles. The van der Waals surface area contributed by atoms with E-state index >= 15 is 0 Å². The SMILES string of the molecule is CC(C)CNCc1ccc(N(C)C(C)C(C)(C)C)cc1Cl. The van der Waals surface area contributed by atoms with Crippen molar-refractivity contribution in [3.8, 4) is 0 Å². The Bertz CT molecular complexity index is 449. The highest BCUT2D eigenvalue weighted by Gasteiger charge is 2.24. The first kappa shape index (κ1) is 18.3. The normalized spacial score (nSPS) is 13.6. The third-order valence-electron chi connectivity index (χ3n) is 4.15. The average molecular weight is 311 g/mol. The van der Waals surface area contributed by atoms with Gasteiger partial charge in [0.15, 0.2) is 0 Å². The maximum atomic E-state index is 6.44. The van der Waals surface area contributed by atoms with Crippen LogP contribution in [0.1, 0.15) is 47.1 Å². The topological polar surface area (TPSA) is 15.3 Å². The Labute approximate surface area is 135 Å². The van der Waals surface area contributed by atoms with Gasteiger partial charge < -0.3 is 10.2 Å². The lowest BCUT2D eigenvalue weighted by Crippen LogP contribution is -2.39. The molecule has 0 aliphatic rings. The molecule has 0 amide bonds. The molecule has 2 nitrogen and oxygen atoms in total. The number of halogens is 1. The van der Waals surface area contributed by atoms with Crippen LogP contribution in [0.2, 0.25) is 5.02 Å². The van der Waals surface area contributed by atoms with E-state index in [1.807, 2.05) is 0 Å². The summed E-state index contributed by atoms with van der Waals surface area (Å²) in [6, 6.07) is 6.83. The Kier molecular flexibility index (Phi) is 6.55. The summed E-state index contributed by atoms with van der Waals surface area (Å²) >= 11 is 6.44. The zero-order valence-corrected chi connectivity index (χ0v) is 15.4. The highest BCUT2D eigenvalue weighted by molar-refractivity contribution is 6.31. The summed E-state index contributed by atoms with van der Waals surface area (Å²) in [5.74, 6) is 0.654. The predicted octanol–water partition coefficient (Wildman–Crippen LogP) is 4.96. The van der Waals surface area contributed by atoms with Crippen LogP contribution in [-0.2, 0) is 6.54 Å². The van der Waals surface area contributed by atoms with Crippen LogP contribution in [0.25, 0.3) is 0 Å². The van der Waals surface area contributed by atoms with Crippen LogP contribution in [0.4, 0.5) is 5.69 Å². The van der Waals surface area contributed by atoms with Crippen LogP contribution >= 0.6 is 11.6 Å². The van der Waals surface area contributed by atoms with Gasteiger partial charge in [0, 0.05) is 30.3 Å². The summed E-state index contributed by atoms with van der Waals surface area (Å²) in [4.78, 5) is 2.30. The quantitative estimate of drug-likeness (QED) is 0.799. The molecule has 1 unspecified atom stereocenters. The van der Waals surface area contributed by atoms with Crippen LogP contribution in [-0.4, -0.2) is 19.6 Å². The Morgan fingerprint density at radius 1 is 1.19 bits per heavy atom. The van der Waals surface area contributed by atoms with E-state index in [4.69, 9.17) is 11.6 Å². The lowest BCUT2D eigenvalue weighted by Gasteiger charge is -2.37. The Morgan fingerprint density at radius 2 is 1.81 bits per heavy atom. The zero-order valence-electron chi connectivity index (χ0n) is 14.6. The fraction of sp³-hybridized carbons (Fsp3) is 0.667. The molecule has 1 aromatic carbocycles. The largest absolute Gasteiger partial charge is 0.371 e. The van der Waals surface area contributed by atoms with Crippen molar-refractivity contribution in [2.75, 3.05) is 18.5 Å². The standard InChI is InChI=1S/C18H31ClN2/c1-13(2)11-20-12-15-8-9-16(10-17(15)19)21(7)14(3)18(4,5)6/h8-10,13-14,20H,11-12H2,1-7H3. The minimum Gasteiger partial charge on any atom is -0.371 e. The Hall–Kier alpha value is -0.730. The van der Waals surface area contributed by atoms with Crippen molar-refractivity contribution in [3.63, 3.8) is 0 Å². The summed E-state index contributed by atoms with van der Waals surface area (Å²) in [6.07, 6.45) is 0. The van der Waals surface area contributed by atoms with E-state index in [0.717, 1.165) is 23.7 Å². The molecule has 0 heterocycles. The van der Waals surface area contributed by atoms with Gasteiger partial charge >= 0.3 is 0 Å². The third-order valence-corrected chi connectivity index (χ3v) is 4.50. The second-order valence-electron chi connectivity index (χ2n) is 7.45. The van der Waals surface area contributed by atoms with Crippen LogP contribution in [0.3, 0.4) is 0 Å². The summed E-state index contributed by atoms with van der Waals surface area (Å²) in [5, 5.41) is 4.28. The molecule has 0 aliphatic carbocycles. The van der Waals surface area contributed by atoms with Gasteiger partial charge in [0.05, 0.1) is 0 Å². The number of rotatable bonds is 6. The van der Waals surface area contributed by atoms with Gasteiger partial charge in [-0.25, -0.2) is 0 Å². The molecule has 0 bridgehead atoms. The zero-order chi connectivity index (χ0) is 16.2. The van der Waals surface area contributed by atoms with Gasteiger partial charge in [-0.15, -0.1) is 0 Å². The maximum absolute atomic E-state index is 6.44. The van der Waals surface area contributed by atoms with E-state index in [9.17, 15) is 0 Å². The minimum absolute atomic E-state index is 0.235. The van der Waals surface area contributed by atoms with E-state index in [-0.39, 0.29) is 5.41 Å². The number of nitrogens with zero attached hydrogens (tertiary/aromatic N) is 1. The fourth-order valence-electron chi connectivity index (χ4n) is 2.20. The van der Waals surface area contributed by atoms with Gasteiger partial charge in [-0.05, 0) is 42.5 Å². The summed E-state index contributed by atoms with van der Waals surface area (Å²) in [7, 11) is 2.14. The lowest BCUT2D eigenvalue weighted by molar-refractivity contribution is 0.330. The highest BCUT2D eigenvalue weighted by Crippen LogP contribution is 2.30. The maximum Gasteiger partial charge on any atom is 0.0471 e.